The molecule has 1 amide bonds. The maximum absolute atomic E-state index is 12.0. The molecule has 1 N–H and O–H groups in total. The van der Waals surface area contributed by atoms with Crippen molar-refractivity contribution < 1.29 is 23.5 Å². The van der Waals surface area contributed by atoms with Crippen LogP contribution in [0.4, 0.5) is 0 Å². The van der Waals surface area contributed by atoms with Gasteiger partial charge in [0.05, 0.1) is 13.7 Å². The summed E-state index contributed by atoms with van der Waals surface area (Å²) in [5.41, 5.74) is 1.03. The van der Waals surface area contributed by atoms with Crippen LogP contribution >= 0.6 is 11.6 Å². The quantitative estimate of drug-likeness (QED) is 0.610. The van der Waals surface area contributed by atoms with Gasteiger partial charge >= 0.3 is 5.97 Å². The predicted octanol–water partition coefficient (Wildman–Crippen LogP) is 3.48. The molecule has 0 atom stereocenters. The van der Waals surface area contributed by atoms with Crippen molar-refractivity contribution in [2.24, 2.45) is 0 Å². The smallest absolute Gasteiger partial charge is 0.344 e. The number of carbonyl (C=O) groups is 2. The Morgan fingerprint density at radius 2 is 1.93 bits per heavy atom. The van der Waals surface area contributed by atoms with E-state index < -0.39 is 18.5 Å². The van der Waals surface area contributed by atoms with Crippen LogP contribution in [0.3, 0.4) is 0 Å². The highest BCUT2D eigenvalue weighted by atomic mass is 35.5. The number of esters is 1. The van der Waals surface area contributed by atoms with Crippen LogP contribution in [-0.4, -0.2) is 30.6 Å². The van der Waals surface area contributed by atoms with Crippen LogP contribution in [0.5, 0.6) is 5.88 Å². The molecule has 7 nitrogen and oxygen atoms in total. The lowest BCUT2D eigenvalue weighted by Crippen LogP contribution is -2.28. The molecule has 0 unspecified atom stereocenters. The number of nitrogens with zero attached hydrogens (tertiary/aromatic N) is 1. The molecule has 0 aliphatic rings. The van der Waals surface area contributed by atoms with Gasteiger partial charge in [0.25, 0.3) is 5.91 Å². The Bertz CT molecular complexity index is 969. The number of halogens is 1. The van der Waals surface area contributed by atoms with Gasteiger partial charge in [-0.2, -0.15) is 0 Å². The molecule has 3 aromatic rings. The molecule has 8 heteroatoms. The number of rotatable bonds is 7. The topological polar surface area (TPSA) is 90.7 Å². The minimum absolute atomic E-state index is 0.137. The first-order chi connectivity index (χ1) is 13.6. The third kappa shape index (κ3) is 4.89. The normalized spacial score (nSPS) is 10.4. The van der Waals surface area contributed by atoms with Crippen LogP contribution in [0.2, 0.25) is 5.02 Å². The van der Waals surface area contributed by atoms with E-state index in [1.54, 1.807) is 30.3 Å². The molecule has 0 radical (unpaired) electrons. The van der Waals surface area contributed by atoms with Crippen molar-refractivity contribution in [3.05, 3.63) is 71.1 Å². The SMILES string of the molecule is COc1ncccc1C(=O)OCC(=O)NCc1ccc(-c2ccc(Cl)cc2)o1. The highest BCUT2D eigenvalue weighted by molar-refractivity contribution is 6.30. The molecule has 0 spiro atoms. The highest BCUT2D eigenvalue weighted by Gasteiger charge is 2.16. The minimum Gasteiger partial charge on any atom is -0.480 e. The zero-order valence-electron chi connectivity index (χ0n) is 15.0. The van der Waals surface area contributed by atoms with Gasteiger partial charge in [0.2, 0.25) is 5.88 Å². The zero-order chi connectivity index (χ0) is 19.9. The van der Waals surface area contributed by atoms with E-state index in [0.717, 1.165) is 5.56 Å². The second-order valence-electron chi connectivity index (χ2n) is 5.69. The van der Waals surface area contributed by atoms with Crippen molar-refractivity contribution in [1.82, 2.24) is 10.3 Å². The maximum atomic E-state index is 12.0. The molecule has 0 aliphatic heterocycles. The van der Waals surface area contributed by atoms with Crippen LogP contribution in [0.1, 0.15) is 16.1 Å². The van der Waals surface area contributed by atoms with Crippen LogP contribution in [0.15, 0.2) is 59.1 Å². The van der Waals surface area contributed by atoms with Gasteiger partial charge < -0.3 is 19.2 Å². The van der Waals surface area contributed by atoms with E-state index in [1.165, 1.54) is 19.4 Å². The Labute approximate surface area is 166 Å². The molecule has 0 saturated heterocycles. The number of benzene rings is 1. The van der Waals surface area contributed by atoms with Crippen molar-refractivity contribution >= 4 is 23.5 Å². The van der Waals surface area contributed by atoms with Crippen molar-refractivity contribution in [2.75, 3.05) is 13.7 Å². The standard InChI is InChI=1S/C20H17ClN2O5/c1-26-19-16(3-2-10-22-19)20(25)27-12-18(24)23-11-15-8-9-17(28-15)13-4-6-14(21)7-5-13/h2-10H,11-12H2,1H3,(H,23,24). The summed E-state index contributed by atoms with van der Waals surface area (Å²) in [6, 6.07) is 13.9. The van der Waals surface area contributed by atoms with Crippen molar-refractivity contribution in [3.63, 3.8) is 0 Å². The van der Waals surface area contributed by atoms with Crippen LogP contribution < -0.4 is 10.1 Å². The Hall–Kier alpha value is -3.32. The lowest BCUT2D eigenvalue weighted by Gasteiger charge is -2.07. The van der Waals surface area contributed by atoms with E-state index in [-0.39, 0.29) is 18.0 Å². The van der Waals surface area contributed by atoms with E-state index in [4.69, 9.17) is 25.5 Å². The number of hydrogen-bond acceptors (Lipinski definition) is 6. The number of furan rings is 1. The van der Waals surface area contributed by atoms with Gasteiger partial charge in [-0.1, -0.05) is 11.6 Å². The maximum Gasteiger partial charge on any atom is 0.344 e. The first kappa shape index (κ1) is 19.4. The molecule has 28 heavy (non-hydrogen) atoms. The molecule has 0 aliphatic carbocycles. The zero-order valence-corrected chi connectivity index (χ0v) is 15.7. The summed E-state index contributed by atoms with van der Waals surface area (Å²) in [4.78, 5) is 27.9. The molecule has 1 aromatic carbocycles. The molecule has 0 saturated carbocycles. The summed E-state index contributed by atoms with van der Waals surface area (Å²) in [6.45, 7) is -0.262. The summed E-state index contributed by atoms with van der Waals surface area (Å²) in [5.74, 6) is 0.219. The van der Waals surface area contributed by atoms with Gasteiger partial charge in [0, 0.05) is 16.8 Å². The Morgan fingerprint density at radius 3 is 2.68 bits per heavy atom. The Kier molecular flexibility index (Phi) is 6.29. The fourth-order valence-corrected chi connectivity index (χ4v) is 2.52. The van der Waals surface area contributed by atoms with Crippen LogP contribution in [0, 0.1) is 0 Å². The largest absolute Gasteiger partial charge is 0.480 e. The summed E-state index contributed by atoms with van der Waals surface area (Å²) >= 11 is 5.87. The molecular formula is C20H17ClN2O5. The van der Waals surface area contributed by atoms with Gasteiger partial charge in [-0.25, -0.2) is 9.78 Å². The third-order valence-corrected chi connectivity index (χ3v) is 4.02. The first-order valence-corrected chi connectivity index (χ1v) is 8.72. The number of carbonyl (C=O) groups excluding carboxylic acids is 2. The van der Waals surface area contributed by atoms with Crippen molar-refractivity contribution in [3.8, 4) is 17.2 Å². The molecule has 0 fully saturated rings. The number of ether oxygens (including phenoxy) is 2. The van der Waals surface area contributed by atoms with Crippen LogP contribution in [-0.2, 0) is 16.1 Å². The number of pyridine rings is 1. The van der Waals surface area contributed by atoms with Crippen molar-refractivity contribution in [2.45, 2.75) is 6.54 Å². The number of hydrogen-bond donors (Lipinski definition) is 1. The minimum atomic E-state index is -0.692. The van der Waals surface area contributed by atoms with Gasteiger partial charge in [0.1, 0.15) is 17.1 Å². The molecule has 2 aromatic heterocycles. The van der Waals surface area contributed by atoms with Gasteiger partial charge in [0.15, 0.2) is 6.61 Å². The Morgan fingerprint density at radius 1 is 1.14 bits per heavy atom. The lowest BCUT2D eigenvalue weighted by molar-refractivity contribution is -0.124. The van der Waals surface area contributed by atoms with Crippen LogP contribution in [0.25, 0.3) is 11.3 Å². The summed E-state index contributed by atoms with van der Waals surface area (Å²) in [7, 11) is 1.40. The summed E-state index contributed by atoms with van der Waals surface area (Å²) < 4.78 is 15.7. The fraction of sp³-hybridized carbons (Fsp3) is 0.150. The number of methoxy groups -OCH3 is 1. The van der Waals surface area contributed by atoms with Gasteiger partial charge in [-0.3, -0.25) is 4.79 Å². The predicted molar refractivity (Wildman–Crippen MR) is 102 cm³/mol. The second-order valence-corrected chi connectivity index (χ2v) is 6.12. The molecular weight excluding hydrogens is 384 g/mol. The average molecular weight is 401 g/mol. The third-order valence-electron chi connectivity index (χ3n) is 3.77. The number of aromatic nitrogens is 1. The molecule has 3 rings (SSSR count). The van der Waals surface area contributed by atoms with Crippen molar-refractivity contribution in [1.29, 1.82) is 0 Å². The number of amides is 1. The van der Waals surface area contributed by atoms with Gasteiger partial charge in [-0.15, -0.1) is 0 Å². The monoisotopic (exact) mass is 400 g/mol. The molecule has 144 valence electrons. The fourth-order valence-electron chi connectivity index (χ4n) is 2.40. The number of nitrogens with one attached hydrogen (secondary N) is 1. The lowest BCUT2D eigenvalue weighted by atomic mass is 10.2. The van der Waals surface area contributed by atoms with Gasteiger partial charge in [-0.05, 0) is 48.5 Å². The molecule has 2 heterocycles. The second kappa shape index (κ2) is 9.05. The first-order valence-electron chi connectivity index (χ1n) is 8.34. The Balaban J connectivity index is 1.49. The molecule has 0 bridgehead atoms. The van der Waals surface area contributed by atoms with E-state index in [2.05, 4.69) is 10.3 Å². The average Bonchev–Trinajstić information content (AvgIpc) is 3.20. The highest BCUT2D eigenvalue weighted by Crippen LogP contribution is 2.23. The summed E-state index contributed by atoms with van der Waals surface area (Å²) in [6.07, 6.45) is 1.49. The van der Waals surface area contributed by atoms with E-state index in [9.17, 15) is 9.59 Å². The summed E-state index contributed by atoms with van der Waals surface area (Å²) in [5, 5.41) is 3.27. The van der Waals surface area contributed by atoms with E-state index in [1.807, 2.05) is 12.1 Å². The van der Waals surface area contributed by atoms with E-state index in [0.29, 0.717) is 16.5 Å². The van der Waals surface area contributed by atoms with E-state index >= 15 is 0 Å².